The molecule has 0 aliphatic rings. The third kappa shape index (κ3) is 24.5. The number of halogens is 5. The first-order valence-electron chi connectivity index (χ1n) is 19.1. The summed E-state index contributed by atoms with van der Waals surface area (Å²) >= 11 is 0. The topological polar surface area (TPSA) is 171 Å². The third-order valence-electron chi connectivity index (χ3n) is 7.33. The first-order chi connectivity index (χ1) is 29.0. The molecule has 22 heteroatoms. The van der Waals surface area contributed by atoms with Crippen LogP contribution in [-0.2, 0) is 71.2 Å². The SMILES string of the molecule is Cc1ccc(S(=O)(=O)OCCOCCOCCOCCOCCOCCOCCOCCOCCOCCOCCOCCC(=O)Oc2c(F)c(F)c(F)c(F)c2F)cc1. The van der Waals surface area contributed by atoms with Crippen LogP contribution in [0.5, 0.6) is 5.75 Å². The zero-order chi connectivity index (χ0) is 43.7. The van der Waals surface area contributed by atoms with E-state index in [1.54, 1.807) is 12.1 Å². The van der Waals surface area contributed by atoms with Gasteiger partial charge in [-0.05, 0) is 19.1 Å². The Kier molecular flexibility index (Phi) is 29.8. The summed E-state index contributed by atoms with van der Waals surface area (Å²) in [6, 6.07) is 6.41. The van der Waals surface area contributed by atoms with Crippen LogP contribution in [0.25, 0.3) is 0 Å². The zero-order valence-electron chi connectivity index (χ0n) is 33.6. The van der Waals surface area contributed by atoms with Crippen LogP contribution in [0, 0.1) is 36.0 Å². The van der Waals surface area contributed by atoms with Crippen molar-refractivity contribution in [3.8, 4) is 5.75 Å². The average Bonchev–Trinajstić information content (AvgIpc) is 3.23. The Morgan fingerprint density at radius 3 is 1.00 bits per heavy atom. The van der Waals surface area contributed by atoms with Crippen LogP contribution < -0.4 is 4.74 Å². The van der Waals surface area contributed by atoms with E-state index in [1.807, 2.05) is 6.92 Å². The minimum Gasteiger partial charge on any atom is -0.420 e. The monoisotopic (exact) mass is 894 g/mol. The van der Waals surface area contributed by atoms with Gasteiger partial charge < -0.3 is 56.8 Å². The Morgan fingerprint density at radius 1 is 0.417 bits per heavy atom. The lowest BCUT2D eigenvalue weighted by molar-refractivity contribution is -0.136. The molecule has 0 aliphatic heterocycles. The van der Waals surface area contributed by atoms with Crippen LogP contribution >= 0.6 is 0 Å². The number of rotatable bonds is 39. The zero-order valence-corrected chi connectivity index (χ0v) is 34.4. The third-order valence-corrected chi connectivity index (χ3v) is 8.66. The summed E-state index contributed by atoms with van der Waals surface area (Å²) in [7, 11) is -3.80. The second kappa shape index (κ2) is 33.6. The van der Waals surface area contributed by atoms with E-state index in [0.717, 1.165) is 5.56 Å². The highest BCUT2D eigenvalue weighted by atomic mass is 32.2. The summed E-state index contributed by atoms with van der Waals surface area (Å²) in [6.07, 6.45) is -0.496. The molecule has 0 radical (unpaired) electrons. The molecule has 0 spiro atoms. The van der Waals surface area contributed by atoms with E-state index in [0.29, 0.717) is 112 Å². The maximum atomic E-state index is 13.6. The first kappa shape index (κ1) is 53.2. The predicted molar refractivity (Wildman–Crippen MR) is 200 cm³/mol. The molecule has 0 bridgehead atoms. The molecule has 344 valence electrons. The Morgan fingerprint density at radius 2 is 0.683 bits per heavy atom. The second-order valence-corrected chi connectivity index (χ2v) is 13.6. The molecule has 0 saturated heterocycles. The van der Waals surface area contributed by atoms with Crippen LogP contribution in [0.3, 0.4) is 0 Å². The van der Waals surface area contributed by atoms with Crippen molar-refractivity contribution in [3.63, 3.8) is 0 Å². The fraction of sp³-hybridized carbons (Fsp3) is 0.658. The summed E-state index contributed by atoms with van der Waals surface area (Å²) in [4.78, 5) is 11.8. The molecule has 0 aromatic heterocycles. The lowest BCUT2D eigenvalue weighted by Gasteiger charge is -2.09. The molecular formula is C38H55F5O16S. The highest BCUT2D eigenvalue weighted by molar-refractivity contribution is 7.86. The highest BCUT2D eigenvalue weighted by Crippen LogP contribution is 2.29. The van der Waals surface area contributed by atoms with E-state index in [1.165, 1.54) is 12.1 Å². The minimum absolute atomic E-state index is 0.0696. The molecule has 0 N–H and O–H groups in total. The molecule has 0 fully saturated rings. The molecule has 0 saturated carbocycles. The van der Waals surface area contributed by atoms with Gasteiger partial charge in [-0.3, -0.25) is 8.98 Å². The number of carbonyl (C=O) groups excluding carboxylic acids is 1. The van der Waals surface area contributed by atoms with Crippen molar-refractivity contribution >= 4 is 16.1 Å². The summed E-state index contributed by atoms with van der Waals surface area (Å²) in [5.41, 5.74) is 0.957. The number of hydrogen-bond acceptors (Lipinski definition) is 16. The van der Waals surface area contributed by atoms with E-state index < -0.39 is 57.3 Å². The molecule has 16 nitrogen and oxygen atoms in total. The van der Waals surface area contributed by atoms with Crippen molar-refractivity contribution in [1.82, 2.24) is 0 Å². The number of ether oxygens (including phenoxy) is 12. The van der Waals surface area contributed by atoms with Crippen molar-refractivity contribution in [3.05, 3.63) is 58.9 Å². The molecule has 2 aromatic rings. The van der Waals surface area contributed by atoms with Gasteiger partial charge in [-0.1, -0.05) is 17.7 Å². The van der Waals surface area contributed by atoms with Gasteiger partial charge in [-0.15, -0.1) is 0 Å². The molecule has 0 unspecified atom stereocenters. The van der Waals surface area contributed by atoms with Crippen LogP contribution in [0.1, 0.15) is 12.0 Å². The molecule has 2 aromatic carbocycles. The molecule has 60 heavy (non-hydrogen) atoms. The number of carbonyl (C=O) groups is 1. The summed E-state index contributed by atoms with van der Waals surface area (Å²) in [6.45, 7) is 8.70. The lowest BCUT2D eigenvalue weighted by atomic mass is 10.2. The van der Waals surface area contributed by atoms with Gasteiger partial charge in [0.15, 0.2) is 0 Å². The summed E-state index contributed by atoms with van der Waals surface area (Å²) in [5, 5.41) is 0. The van der Waals surface area contributed by atoms with Gasteiger partial charge in [0.25, 0.3) is 10.1 Å². The molecular weight excluding hydrogens is 839 g/mol. The Balaban J connectivity index is 1.20. The van der Waals surface area contributed by atoms with Crippen molar-refractivity contribution < 1.29 is 96.2 Å². The number of aryl methyl sites for hydroxylation is 1. The standard InChI is InChI=1S/C38H55F5O16S/c1-30-2-4-31(5-3-30)60(45,46)58-29-28-57-27-26-56-25-24-55-23-22-54-21-20-53-19-18-52-17-16-51-15-14-50-13-12-49-11-10-48-9-8-47-7-6-32(44)59-38-36(42)34(40)33(39)35(41)37(38)43/h2-5H,6-29H2,1H3. The average molecular weight is 895 g/mol. The van der Waals surface area contributed by atoms with Gasteiger partial charge >= 0.3 is 5.97 Å². The molecule has 0 aliphatic carbocycles. The Labute approximate surface area is 346 Å². The lowest BCUT2D eigenvalue weighted by Crippen LogP contribution is -2.16. The number of esters is 1. The van der Waals surface area contributed by atoms with E-state index in [9.17, 15) is 35.2 Å². The highest BCUT2D eigenvalue weighted by Gasteiger charge is 2.28. The van der Waals surface area contributed by atoms with Crippen molar-refractivity contribution in [1.29, 1.82) is 0 Å². The van der Waals surface area contributed by atoms with E-state index in [-0.39, 0.29) is 44.5 Å². The summed E-state index contributed by atoms with van der Waals surface area (Å²) in [5.74, 6) is -14.2. The van der Waals surface area contributed by atoms with E-state index >= 15 is 0 Å². The van der Waals surface area contributed by atoms with Crippen LogP contribution in [0.4, 0.5) is 22.0 Å². The normalized spacial score (nSPS) is 11.8. The number of hydrogen-bond donors (Lipinski definition) is 0. The van der Waals surface area contributed by atoms with E-state index in [2.05, 4.69) is 4.74 Å². The van der Waals surface area contributed by atoms with Gasteiger partial charge in [0.05, 0.1) is 163 Å². The van der Waals surface area contributed by atoms with Crippen LogP contribution in [0.15, 0.2) is 29.2 Å². The maximum absolute atomic E-state index is 13.6. The largest absolute Gasteiger partial charge is 0.420 e. The predicted octanol–water partition coefficient (Wildman–Crippen LogP) is 3.57. The molecule has 0 amide bonds. The Hall–Kier alpha value is -2.97. The van der Waals surface area contributed by atoms with Crippen LogP contribution in [0.2, 0.25) is 0 Å². The van der Waals surface area contributed by atoms with E-state index in [4.69, 9.17) is 56.3 Å². The number of benzene rings is 2. The quantitative estimate of drug-likeness (QED) is 0.0181. The molecule has 0 atom stereocenters. The maximum Gasteiger partial charge on any atom is 0.313 e. The molecule has 0 heterocycles. The summed E-state index contributed by atoms with van der Waals surface area (Å²) < 4.78 is 159. The first-order valence-corrected chi connectivity index (χ1v) is 20.5. The van der Waals surface area contributed by atoms with Gasteiger partial charge in [0.1, 0.15) is 0 Å². The van der Waals surface area contributed by atoms with Crippen LogP contribution in [-0.4, -0.2) is 166 Å². The van der Waals surface area contributed by atoms with Gasteiger partial charge in [-0.2, -0.15) is 17.2 Å². The minimum atomic E-state index is -3.80. The van der Waals surface area contributed by atoms with Gasteiger partial charge in [-0.25, -0.2) is 13.2 Å². The second-order valence-electron chi connectivity index (χ2n) is 11.9. The van der Waals surface area contributed by atoms with Crippen molar-refractivity contribution in [2.75, 3.05) is 152 Å². The fourth-order valence-electron chi connectivity index (χ4n) is 4.27. The fourth-order valence-corrected chi connectivity index (χ4v) is 5.16. The van der Waals surface area contributed by atoms with Crippen molar-refractivity contribution in [2.24, 2.45) is 0 Å². The Bertz CT molecular complexity index is 1510. The molecule has 2 rings (SSSR count). The van der Waals surface area contributed by atoms with Crippen molar-refractivity contribution in [2.45, 2.75) is 18.2 Å². The van der Waals surface area contributed by atoms with Gasteiger partial charge in [0.2, 0.25) is 34.8 Å². The van der Waals surface area contributed by atoms with Gasteiger partial charge in [0, 0.05) is 0 Å². The smallest absolute Gasteiger partial charge is 0.313 e.